The molecular weight excluding hydrogens is 267 g/mol. The average Bonchev–Trinajstić information content (AvgIpc) is 2.40. The predicted octanol–water partition coefficient (Wildman–Crippen LogP) is 3.95. The van der Waals surface area contributed by atoms with Gasteiger partial charge in [-0.1, -0.05) is 12.1 Å². The molecule has 0 fully saturated rings. The molecule has 0 saturated heterocycles. The number of rotatable bonds is 2. The van der Waals surface area contributed by atoms with E-state index < -0.39 is 11.7 Å². The second-order valence-electron chi connectivity index (χ2n) is 4.56. The minimum atomic E-state index is -4.45. The van der Waals surface area contributed by atoms with Gasteiger partial charge in [0.05, 0.1) is 5.56 Å². The number of hydrogen-bond donors (Lipinski definition) is 0. The standard InChI is InChI=1S/C15H12F3NO/c1-9-3-4-11(7-10(9)2)14(20)13-6-5-12(8-19-13)15(16,17)18/h3-8H,1-2H3. The number of pyridine rings is 1. The summed E-state index contributed by atoms with van der Waals surface area (Å²) < 4.78 is 37.2. The lowest BCUT2D eigenvalue weighted by Gasteiger charge is -2.07. The Morgan fingerprint density at radius 2 is 1.75 bits per heavy atom. The number of aromatic nitrogens is 1. The fourth-order valence-corrected chi connectivity index (χ4v) is 1.73. The smallest absolute Gasteiger partial charge is 0.287 e. The molecule has 1 aromatic carbocycles. The van der Waals surface area contributed by atoms with Gasteiger partial charge in [-0.05, 0) is 43.2 Å². The van der Waals surface area contributed by atoms with E-state index in [0.717, 1.165) is 23.3 Å². The molecule has 0 spiro atoms. The van der Waals surface area contributed by atoms with Crippen molar-refractivity contribution in [1.29, 1.82) is 0 Å². The Labute approximate surface area is 114 Å². The highest BCUT2D eigenvalue weighted by molar-refractivity contribution is 6.07. The van der Waals surface area contributed by atoms with Crippen molar-refractivity contribution < 1.29 is 18.0 Å². The number of alkyl halides is 3. The molecule has 2 rings (SSSR count). The maximum atomic E-state index is 12.4. The number of halogens is 3. The molecule has 20 heavy (non-hydrogen) atoms. The molecule has 1 heterocycles. The van der Waals surface area contributed by atoms with Crippen molar-refractivity contribution in [1.82, 2.24) is 4.98 Å². The van der Waals surface area contributed by atoms with Crippen LogP contribution in [0, 0.1) is 13.8 Å². The van der Waals surface area contributed by atoms with E-state index in [4.69, 9.17) is 0 Å². The van der Waals surface area contributed by atoms with Gasteiger partial charge in [0.2, 0.25) is 5.78 Å². The molecule has 0 atom stereocenters. The monoisotopic (exact) mass is 279 g/mol. The van der Waals surface area contributed by atoms with E-state index in [1.807, 2.05) is 13.8 Å². The summed E-state index contributed by atoms with van der Waals surface area (Å²) in [7, 11) is 0. The van der Waals surface area contributed by atoms with Crippen molar-refractivity contribution in [2.45, 2.75) is 20.0 Å². The topological polar surface area (TPSA) is 30.0 Å². The summed E-state index contributed by atoms with van der Waals surface area (Å²) in [5.41, 5.74) is 1.54. The molecule has 0 unspecified atom stereocenters. The van der Waals surface area contributed by atoms with Crippen molar-refractivity contribution in [2.24, 2.45) is 0 Å². The normalized spacial score (nSPS) is 11.4. The summed E-state index contributed by atoms with van der Waals surface area (Å²) in [6.07, 6.45) is -3.77. The third kappa shape index (κ3) is 2.87. The summed E-state index contributed by atoms with van der Waals surface area (Å²) in [4.78, 5) is 15.7. The zero-order chi connectivity index (χ0) is 14.9. The van der Waals surface area contributed by atoms with Gasteiger partial charge in [0.25, 0.3) is 0 Å². The number of ketones is 1. The van der Waals surface area contributed by atoms with Crippen LogP contribution in [0.5, 0.6) is 0 Å². The van der Waals surface area contributed by atoms with Crippen molar-refractivity contribution in [3.8, 4) is 0 Å². The van der Waals surface area contributed by atoms with Crippen LogP contribution in [0.25, 0.3) is 0 Å². The van der Waals surface area contributed by atoms with Crippen molar-refractivity contribution in [2.75, 3.05) is 0 Å². The molecule has 5 heteroatoms. The van der Waals surface area contributed by atoms with Crippen LogP contribution in [-0.2, 0) is 6.18 Å². The number of nitrogens with zero attached hydrogens (tertiary/aromatic N) is 1. The average molecular weight is 279 g/mol. The summed E-state index contributed by atoms with van der Waals surface area (Å²) in [5, 5.41) is 0. The van der Waals surface area contributed by atoms with E-state index in [2.05, 4.69) is 4.98 Å². The van der Waals surface area contributed by atoms with E-state index in [-0.39, 0.29) is 11.5 Å². The molecular formula is C15H12F3NO. The Morgan fingerprint density at radius 1 is 1.05 bits per heavy atom. The van der Waals surface area contributed by atoms with Gasteiger partial charge >= 0.3 is 6.18 Å². The third-order valence-corrected chi connectivity index (χ3v) is 3.09. The number of carbonyl (C=O) groups excluding carboxylic acids is 1. The fraction of sp³-hybridized carbons (Fsp3) is 0.200. The summed E-state index contributed by atoms with van der Waals surface area (Å²) in [5.74, 6) is -0.387. The molecule has 104 valence electrons. The zero-order valence-corrected chi connectivity index (χ0v) is 11.0. The largest absolute Gasteiger partial charge is 0.417 e. The lowest BCUT2D eigenvalue weighted by molar-refractivity contribution is -0.137. The minimum Gasteiger partial charge on any atom is -0.287 e. The van der Waals surface area contributed by atoms with Crippen molar-refractivity contribution >= 4 is 5.78 Å². The summed E-state index contributed by atoms with van der Waals surface area (Å²) >= 11 is 0. The second-order valence-corrected chi connectivity index (χ2v) is 4.56. The number of carbonyl (C=O) groups is 1. The Bertz CT molecular complexity index is 645. The van der Waals surface area contributed by atoms with Gasteiger partial charge in [0, 0.05) is 11.8 Å². The molecule has 0 N–H and O–H groups in total. The highest BCUT2D eigenvalue weighted by Crippen LogP contribution is 2.28. The Morgan fingerprint density at radius 3 is 2.25 bits per heavy atom. The molecule has 0 saturated carbocycles. The van der Waals surface area contributed by atoms with Crippen LogP contribution in [0.1, 0.15) is 32.7 Å². The van der Waals surface area contributed by atoms with Crippen LogP contribution in [0.15, 0.2) is 36.5 Å². The lowest BCUT2D eigenvalue weighted by Crippen LogP contribution is -2.09. The van der Waals surface area contributed by atoms with Crippen LogP contribution in [0.2, 0.25) is 0 Å². The number of aryl methyl sites for hydroxylation is 2. The van der Waals surface area contributed by atoms with Crippen LogP contribution >= 0.6 is 0 Å². The quantitative estimate of drug-likeness (QED) is 0.779. The van der Waals surface area contributed by atoms with Crippen LogP contribution in [0.4, 0.5) is 13.2 Å². The molecule has 0 aliphatic carbocycles. The molecule has 0 aliphatic heterocycles. The van der Waals surface area contributed by atoms with Gasteiger partial charge in [0.15, 0.2) is 0 Å². The molecule has 0 bridgehead atoms. The summed E-state index contributed by atoms with van der Waals surface area (Å²) in [6.45, 7) is 3.78. The summed E-state index contributed by atoms with van der Waals surface area (Å²) in [6, 6.07) is 7.11. The predicted molar refractivity (Wildman–Crippen MR) is 68.6 cm³/mol. The van der Waals surface area contributed by atoms with Crippen molar-refractivity contribution in [3.05, 3.63) is 64.5 Å². The van der Waals surface area contributed by atoms with Gasteiger partial charge in [-0.3, -0.25) is 9.78 Å². The molecule has 2 nitrogen and oxygen atoms in total. The molecule has 0 radical (unpaired) electrons. The van der Waals surface area contributed by atoms with Crippen LogP contribution in [0.3, 0.4) is 0 Å². The van der Waals surface area contributed by atoms with Crippen molar-refractivity contribution in [3.63, 3.8) is 0 Å². The van der Waals surface area contributed by atoms with Gasteiger partial charge in [0.1, 0.15) is 5.69 Å². The van der Waals surface area contributed by atoms with Crippen LogP contribution in [-0.4, -0.2) is 10.8 Å². The maximum Gasteiger partial charge on any atom is 0.417 e. The van der Waals surface area contributed by atoms with E-state index in [0.29, 0.717) is 11.8 Å². The first kappa shape index (κ1) is 14.2. The minimum absolute atomic E-state index is 0.00116. The van der Waals surface area contributed by atoms with E-state index in [1.54, 1.807) is 18.2 Å². The fourth-order valence-electron chi connectivity index (χ4n) is 1.73. The maximum absolute atomic E-state index is 12.4. The first-order valence-corrected chi connectivity index (χ1v) is 5.94. The lowest BCUT2D eigenvalue weighted by atomic mass is 10.0. The van der Waals surface area contributed by atoms with Gasteiger partial charge in [-0.15, -0.1) is 0 Å². The first-order chi connectivity index (χ1) is 9.29. The van der Waals surface area contributed by atoms with E-state index >= 15 is 0 Å². The molecule has 0 aliphatic rings. The van der Waals surface area contributed by atoms with Gasteiger partial charge < -0.3 is 0 Å². The second kappa shape index (κ2) is 5.07. The Kier molecular flexibility index (Phi) is 3.61. The molecule has 0 amide bonds. The van der Waals surface area contributed by atoms with Gasteiger partial charge in [-0.25, -0.2) is 0 Å². The number of benzene rings is 1. The first-order valence-electron chi connectivity index (χ1n) is 5.94. The van der Waals surface area contributed by atoms with E-state index in [1.165, 1.54) is 0 Å². The Hall–Kier alpha value is -2.17. The highest BCUT2D eigenvalue weighted by atomic mass is 19.4. The molecule has 1 aromatic heterocycles. The SMILES string of the molecule is Cc1ccc(C(=O)c2ccc(C(F)(F)F)cn2)cc1C. The molecule has 2 aromatic rings. The third-order valence-electron chi connectivity index (χ3n) is 3.09. The van der Waals surface area contributed by atoms with Gasteiger partial charge in [-0.2, -0.15) is 13.2 Å². The van der Waals surface area contributed by atoms with Crippen LogP contribution < -0.4 is 0 Å². The number of hydrogen-bond acceptors (Lipinski definition) is 2. The highest BCUT2D eigenvalue weighted by Gasteiger charge is 2.30. The Balaban J connectivity index is 2.31. The zero-order valence-electron chi connectivity index (χ0n) is 11.0. The van der Waals surface area contributed by atoms with E-state index in [9.17, 15) is 18.0 Å².